The van der Waals surface area contributed by atoms with E-state index in [1.165, 1.54) is 17.5 Å². The van der Waals surface area contributed by atoms with Crippen molar-refractivity contribution < 1.29 is 9.53 Å². The molecule has 2 aliphatic rings. The number of amides is 1. The first kappa shape index (κ1) is 21.6. The summed E-state index contributed by atoms with van der Waals surface area (Å²) < 4.78 is 5.44. The van der Waals surface area contributed by atoms with Gasteiger partial charge in [-0.05, 0) is 69.5 Å². The van der Waals surface area contributed by atoms with Crippen LogP contribution in [0.4, 0.5) is 0 Å². The highest BCUT2D eigenvalue weighted by Gasteiger charge is 2.35. The van der Waals surface area contributed by atoms with E-state index < -0.39 is 0 Å². The summed E-state index contributed by atoms with van der Waals surface area (Å²) >= 11 is 0. The van der Waals surface area contributed by atoms with Gasteiger partial charge in [-0.1, -0.05) is 36.2 Å². The Morgan fingerprint density at radius 2 is 2.00 bits per heavy atom. The van der Waals surface area contributed by atoms with Crippen molar-refractivity contribution in [2.45, 2.75) is 58.5 Å². The smallest absolute Gasteiger partial charge is 0.257 e. The molecule has 0 unspecified atom stereocenters. The summed E-state index contributed by atoms with van der Waals surface area (Å²) in [6.45, 7) is 7.83. The number of benzene rings is 2. The SMILES string of the molecule is COc1cccc([C@@H]2CC(c3cc(C)ccc3C)=NN2C(=O)CN2CCCC[C@H]2C)c1. The Morgan fingerprint density at radius 1 is 1.16 bits per heavy atom. The monoisotopic (exact) mass is 419 g/mol. The molecular weight excluding hydrogens is 386 g/mol. The molecule has 5 nitrogen and oxygen atoms in total. The zero-order chi connectivity index (χ0) is 22.0. The fourth-order valence-corrected chi connectivity index (χ4v) is 4.70. The number of hydrogen-bond donors (Lipinski definition) is 0. The Balaban J connectivity index is 1.66. The summed E-state index contributed by atoms with van der Waals surface area (Å²) in [6, 6.07) is 14.8. The van der Waals surface area contributed by atoms with Crippen molar-refractivity contribution in [2.75, 3.05) is 20.2 Å². The summed E-state index contributed by atoms with van der Waals surface area (Å²) in [6.07, 6.45) is 4.27. The molecule has 1 amide bonds. The first-order chi connectivity index (χ1) is 15.0. The predicted octanol–water partition coefficient (Wildman–Crippen LogP) is 4.86. The Hall–Kier alpha value is -2.66. The van der Waals surface area contributed by atoms with Crippen LogP contribution in [-0.2, 0) is 4.79 Å². The van der Waals surface area contributed by atoms with E-state index in [1.54, 1.807) is 12.1 Å². The van der Waals surface area contributed by atoms with Crippen LogP contribution < -0.4 is 4.74 Å². The lowest BCUT2D eigenvalue weighted by atomic mass is 9.95. The fraction of sp³-hybridized carbons (Fsp3) is 0.462. The fourth-order valence-electron chi connectivity index (χ4n) is 4.70. The molecule has 31 heavy (non-hydrogen) atoms. The van der Waals surface area contributed by atoms with Crippen LogP contribution in [0.15, 0.2) is 47.6 Å². The zero-order valence-electron chi connectivity index (χ0n) is 19.1. The molecule has 0 N–H and O–H groups in total. The minimum atomic E-state index is -0.113. The average Bonchev–Trinajstić information content (AvgIpc) is 3.22. The molecule has 2 heterocycles. The number of carbonyl (C=O) groups is 1. The number of methoxy groups -OCH3 is 1. The van der Waals surface area contributed by atoms with Crippen LogP contribution in [0.3, 0.4) is 0 Å². The number of piperidine rings is 1. The van der Waals surface area contributed by atoms with E-state index in [2.05, 4.69) is 49.9 Å². The molecule has 1 fully saturated rings. The number of hydrazone groups is 1. The third kappa shape index (κ3) is 4.67. The molecule has 0 radical (unpaired) electrons. The van der Waals surface area contributed by atoms with Crippen molar-refractivity contribution >= 4 is 11.6 Å². The van der Waals surface area contributed by atoms with E-state index in [1.807, 2.05) is 18.2 Å². The van der Waals surface area contributed by atoms with Crippen LogP contribution in [0, 0.1) is 13.8 Å². The number of ether oxygens (including phenoxy) is 1. The maximum Gasteiger partial charge on any atom is 0.257 e. The van der Waals surface area contributed by atoms with Gasteiger partial charge in [-0.3, -0.25) is 9.69 Å². The van der Waals surface area contributed by atoms with Crippen molar-refractivity contribution in [3.05, 3.63) is 64.7 Å². The molecule has 2 aromatic carbocycles. The minimum absolute atomic E-state index is 0.0712. The third-order valence-corrected chi connectivity index (χ3v) is 6.63. The normalized spacial score (nSPS) is 21.8. The molecule has 0 bridgehead atoms. The molecule has 2 aromatic rings. The van der Waals surface area contributed by atoms with E-state index in [0.717, 1.165) is 42.0 Å². The molecule has 1 saturated heterocycles. The molecule has 2 atom stereocenters. The summed E-state index contributed by atoms with van der Waals surface area (Å²) in [4.78, 5) is 15.8. The minimum Gasteiger partial charge on any atom is -0.497 e. The van der Waals surface area contributed by atoms with Crippen molar-refractivity contribution in [3.8, 4) is 5.75 Å². The van der Waals surface area contributed by atoms with E-state index in [9.17, 15) is 4.79 Å². The van der Waals surface area contributed by atoms with Crippen LogP contribution >= 0.6 is 0 Å². The van der Waals surface area contributed by atoms with E-state index >= 15 is 0 Å². The Bertz CT molecular complexity index is 984. The largest absolute Gasteiger partial charge is 0.497 e. The van der Waals surface area contributed by atoms with E-state index in [-0.39, 0.29) is 11.9 Å². The third-order valence-electron chi connectivity index (χ3n) is 6.63. The quantitative estimate of drug-likeness (QED) is 0.695. The van der Waals surface area contributed by atoms with Gasteiger partial charge in [-0.25, -0.2) is 5.01 Å². The van der Waals surface area contributed by atoms with Crippen molar-refractivity contribution in [2.24, 2.45) is 5.10 Å². The second-order valence-corrected chi connectivity index (χ2v) is 8.92. The first-order valence-electron chi connectivity index (χ1n) is 11.3. The number of nitrogens with zero attached hydrogens (tertiary/aromatic N) is 3. The summed E-state index contributed by atoms with van der Waals surface area (Å²) in [5, 5.41) is 6.63. The molecule has 0 saturated carbocycles. The van der Waals surface area contributed by atoms with Crippen molar-refractivity contribution in [1.82, 2.24) is 9.91 Å². The highest BCUT2D eigenvalue weighted by atomic mass is 16.5. The van der Waals surface area contributed by atoms with Gasteiger partial charge < -0.3 is 4.74 Å². The highest BCUT2D eigenvalue weighted by molar-refractivity contribution is 6.04. The molecule has 0 aromatic heterocycles. The Labute approximate surface area is 185 Å². The second kappa shape index (κ2) is 9.23. The number of carbonyl (C=O) groups excluding carboxylic acids is 1. The van der Waals surface area contributed by atoms with Gasteiger partial charge in [-0.15, -0.1) is 0 Å². The molecule has 5 heteroatoms. The maximum absolute atomic E-state index is 13.5. The van der Waals surface area contributed by atoms with Gasteiger partial charge >= 0.3 is 0 Å². The van der Waals surface area contributed by atoms with E-state index in [0.29, 0.717) is 19.0 Å². The lowest BCUT2D eigenvalue weighted by Crippen LogP contribution is -2.44. The van der Waals surface area contributed by atoms with E-state index in [4.69, 9.17) is 9.84 Å². The van der Waals surface area contributed by atoms with Crippen LogP contribution in [0.1, 0.15) is 60.9 Å². The molecule has 2 aliphatic heterocycles. The Kier molecular flexibility index (Phi) is 6.42. The first-order valence-corrected chi connectivity index (χ1v) is 11.3. The molecule has 0 aliphatic carbocycles. The van der Waals surface area contributed by atoms with Crippen molar-refractivity contribution in [3.63, 3.8) is 0 Å². The Morgan fingerprint density at radius 3 is 2.77 bits per heavy atom. The summed E-state index contributed by atoms with van der Waals surface area (Å²) in [5.74, 6) is 0.872. The maximum atomic E-state index is 13.5. The number of rotatable bonds is 5. The van der Waals surface area contributed by atoms with Gasteiger partial charge in [0.1, 0.15) is 5.75 Å². The summed E-state index contributed by atoms with van der Waals surface area (Å²) in [5.41, 5.74) is 5.56. The van der Waals surface area contributed by atoms with Gasteiger partial charge in [0.15, 0.2) is 0 Å². The topological polar surface area (TPSA) is 45.1 Å². The summed E-state index contributed by atoms with van der Waals surface area (Å²) in [7, 11) is 1.67. The predicted molar refractivity (Wildman–Crippen MR) is 125 cm³/mol. The molecule has 164 valence electrons. The highest BCUT2D eigenvalue weighted by Crippen LogP contribution is 2.35. The van der Waals surface area contributed by atoms with Gasteiger partial charge in [0.2, 0.25) is 0 Å². The van der Waals surface area contributed by atoms with Crippen LogP contribution in [0.25, 0.3) is 0 Å². The second-order valence-electron chi connectivity index (χ2n) is 8.92. The molecule has 4 rings (SSSR count). The number of hydrogen-bond acceptors (Lipinski definition) is 4. The molecule has 0 spiro atoms. The lowest BCUT2D eigenvalue weighted by molar-refractivity contribution is -0.135. The van der Waals surface area contributed by atoms with Gasteiger partial charge in [0.25, 0.3) is 5.91 Å². The van der Waals surface area contributed by atoms with Gasteiger partial charge in [0, 0.05) is 18.0 Å². The van der Waals surface area contributed by atoms with Crippen LogP contribution in [-0.4, -0.2) is 47.8 Å². The van der Waals surface area contributed by atoms with Crippen LogP contribution in [0.5, 0.6) is 5.75 Å². The number of aryl methyl sites for hydroxylation is 2. The lowest BCUT2D eigenvalue weighted by Gasteiger charge is -2.34. The zero-order valence-corrected chi connectivity index (χ0v) is 19.1. The van der Waals surface area contributed by atoms with Crippen molar-refractivity contribution in [1.29, 1.82) is 0 Å². The number of likely N-dealkylation sites (tertiary alicyclic amines) is 1. The van der Waals surface area contributed by atoms with Crippen LogP contribution in [0.2, 0.25) is 0 Å². The van der Waals surface area contributed by atoms with Gasteiger partial charge in [-0.2, -0.15) is 5.10 Å². The molecular formula is C26H33N3O2. The average molecular weight is 420 g/mol. The van der Waals surface area contributed by atoms with Gasteiger partial charge in [0.05, 0.1) is 25.4 Å². The standard InChI is InChI=1S/C26H33N3O2/c1-18-11-12-19(2)23(14-18)24-16-25(21-9-7-10-22(15-21)31-4)29(27-24)26(30)17-28-13-6-5-8-20(28)3/h7,9-12,14-15,20,25H,5-6,8,13,16-17H2,1-4H3/t20-,25+/m1/s1.